The van der Waals surface area contributed by atoms with Crippen molar-refractivity contribution < 1.29 is 4.39 Å². The third kappa shape index (κ3) is 3.81. The van der Waals surface area contributed by atoms with Gasteiger partial charge in [0.1, 0.15) is 5.82 Å². The molecule has 1 nitrogen and oxygen atoms in total. The minimum absolute atomic E-state index is 0.275. The van der Waals surface area contributed by atoms with Crippen molar-refractivity contribution in [1.82, 2.24) is 0 Å². The summed E-state index contributed by atoms with van der Waals surface area (Å²) in [5.74, 6) is 0.346. The summed E-state index contributed by atoms with van der Waals surface area (Å²) in [6, 6.07) is 12.8. The van der Waals surface area contributed by atoms with Gasteiger partial charge in [-0.05, 0) is 50.1 Å². The molecule has 0 spiro atoms. The lowest BCUT2D eigenvalue weighted by Gasteiger charge is -2.14. The second-order valence-electron chi connectivity index (χ2n) is 3.99. The zero-order valence-electron chi connectivity index (χ0n) is 9.95. The highest BCUT2D eigenvalue weighted by Gasteiger charge is 2.14. The zero-order valence-corrected chi connectivity index (χ0v) is 13.9. The highest BCUT2D eigenvalue weighted by Crippen LogP contribution is 2.31. The predicted molar refractivity (Wildman–Crippen MR) is 85.9 cm³/mol. The summed E-state index contributed by atoms with van der Waals surface area (Å²) in [5.41, 5.74) is 6.60. The van der Waals surface area contributed by atoms with Crippen molar-refractivity contribution in [2.45, 2.75) is 10.9 Å². The SMILES string of the molecule is NC(CSc1ccccc1Br)c1cccc(Br)c1F. The van der Waals surface area contributed by atoms with Crippen molar-refractivity contribution >= 4 is 43.6 Å². The molecular formula is C14H12Br2FNS. The fraction of sp³-hybridized carbons (Fsp3) is 0.143. The molecule has 0 amide bonds. The van der Waals surface area contributed by atoms with Gasteiger partial charge in [-0.1, -0.05) is 24.3 Å². The van der Waals surface area contributed by atoms with Gasteiger partial charge in [-0.2, -0.15) is 0 Å². The second-order valence-corrected chi connectivity index (χ2v) is 6.76. The molecule has 2 rings (SSSR count). The first-order chi connectivity index (χ1) is 9.09. The van der Waals surface area contributed by atoms with Crippen molar-refractivity contribution in [1.29, 1.82) is 0 Å². The average molecular weight is 405 g/mol. The number of thioether (sulfide) groups is 1. The maximum Gasteiger partial charge on any atom is 0.142 e. The molecule has 5 heteroatoms. The maximum atomic E-state index is 13.9. The molecule has 2 aromatic carbocycles. The highest BCUT2D eigenvalue weighted by atomic mass is 79.9. The average Bonchev–Trinajstić information content (AvgIpc) is 2.40. The Balaban J connectivity index is 2.08. The van der Waals surface area contributed by atoms with Crippen molar-refractivity contribution in [3.8, 4) is 0 Å². The van der Waals surface area contributed by atoms with Crippen molar-refractivity contribution in [2.24, 2.45) is 5.73 Å². The van der Waals surface area contributed by atoms with Gasteiger partial charge in [-0.15, -0.1) is 11.8 Å². The van der Waals surface area contributed by atoms with E-state index in [2.05, 4.69) is 31.9 Å². The highest BCUT2D eigenvalue weighted by molar-refractivity contribution is 9.10. The van der Waals surface area contributed by atoms with Crippen LogP contribution in [0.1, 0.15) is 11.6 Å². The number of benzene rings is 2. The molecule has 1 atom stereocenters. The first-order valence-electron chi connectivity index (χ1n) is 5.66. The summed E-state index contributed by atoms with van der Waals surface area (Å²) >= 11 is 8.27. The number of rotatable bonds is 4. The molecule has 0 aromatic heterocycles. The van der Waals surface area contributed by atoms with Crippen molar-refractivity contribution in [3.63, 3.8) is 0 Å². The van der Waals surface area contributed by atoms with Crippen LogP contribution in [0.2, 0.25) is 0 Å². The third-order valence-electron chi connectivity index (χ3n) is 2.64. The lowest BCUT2D eigenvalue weighted by atomic mass is 10.1. The van der Waals surface area contributed by atoms with Crippen LogP contribution in [0.25, 0.3) is 0 Å². The lowest BCUT2D eigenvalue weighted by Crippen LogP contribution is -2.15. The van der Waals surface area contributed by atoms with Crippen LogP contribution < -0.4 is 5.73 Å². The van der Waals surface area contributed by atoms with E-state index in [0.29, 0.717) is 15.8 Å². The van der Waals surface area contributed by atoms with Crippen LogP contribution in [0, 0.1) is 5.82 Å². The molecule has 0 aliphatic heterocycles. The summed E-state index contributed by atoms with van der Waals surface area (Å²) in [6.45, 7) is 0. The Morgan fingerprint density at radius 1 is 1.05 bits per heavy atom. The topological polar surface area (TPSA) is 26.0 Å². The van der Waals surface area contributed by atoms with E-state index >= 15 is 0 Å². The Hall–Kier alpha value is -0.360. The molecular weight excluding hydrogens is 393 g/mol. The van der Waals surface area contributed by atoms with Crippen molar-refractivity contribution in [2.75, 3.05) is 5.75 Å². The van der Waals surface area contributed by atoms with Crippen LogP contribution in [0.5, 0.6) is 0 Å². The largest absolute Gasteiger partial charge is 0.323 e. The molecule has 2 aromatic rings. The number of hydrogen-bond acceptors (Lipinski definition) is 2. The van der Waals surface area contributed by atoms with Crippen LogP contribution in [-0.2, 0) is 0 Å². The van der Waals surface area contributed by atoms with Crippen LogP contribution in [0.4, 0.5) is 4.39 Å². The molecule has 0 aliphatic rings. The van der Waals surface area contributed by atoms with Gasteiger partial charge in [0.25, 0.3) is 0 Å². The standard InChI is InChI=1S/C14H12Br2FNS/c15-10-5-1-2-7-13(10)19-8-12(18)9-4-3-6-11(16)14(9)17/h1-7,12H,8,18H2. The van der Waals surface area contributed by atoms with E-state index in [1.165, 1.54) is 0 Å². The van der Waals surface area contributed by atoms with E-state index in [0.717, 1.165) is 9.37 Å². The molecule has 0 heterocycles. The second kappa shape index (κ2) is 6.88. The summed E-state index contributed by atoms with van der Waals surface area (Å²) in [4.78, 5) is 1.10. The van der Waals surface area contributed by atoms with Gasteiger partial charge in [-0.25, -0.2) is 4.39 Å². The van der Waals surface area contributed by atoms with E-state index in [1.807, 2.05) is 24.3 Å². The summed E-state index contributed by atoms with van der Waals surface area (Å²) < 4.78 is 15.4. The molecule has 0 aliphatic carbocycles. The molecule has 2 N–H and O–H groups in total. The Kier molecular flexibility index (Phi) is 5.45. The van der Waals surface area contributed by atoms with E-state index in [9.17, 15) is 4.39 Å². The molecule has 0 saturated carbocycles. The Morgan fingerprint density at radius 2 is 1.74 bits per heavy atom. The van der Waals surface area contributed by atoms with E-state index in [4.69, 9.17) is 5.73 Å². The molecule has 0 fully saturated rings. The van der Waals surface area contributed by atoms with Crippen LogP contribution in [0.3, 0.4) is 0 Å². The molecule has 1 unspecified atom stereocenters. The summed E-state index contributed by atoms with van der Waals surface area (Å²) in [5, 5.41) is 0. The molecule has 0 radical (unpaired) electrons. The number of halogens is 3. The summed E-state index contributed by atoms with van der Waals surface area (Å²) in [6.07, 6.45) is 0. The fourth-order valence-corrected chi connectivity index (χ4v) is 3.57. The first kappa shape index (κ1) is 15.0. The van der Waals surface area contributed by atoms with Gasteiger partial charge in [-0.3, -0.25) is 0 Å². The molecule has 0 bridgehead atoms. The number of hydrogen-bond donors (Lipinski definition) is 1. The number of nitrogens with two attached hydrogens (primary N) is 1. The van der Waals surface area contributed by atoms with Crippen LogP contribution in [0.15, 0.2) is 56.3 Å². The zero-order chi connectivity index (χ0) is 13.8. The quantitative estimate of drug-likeness (QED) is 0.713. The predicted octanol–water partition coefficient (Wildman–Crippen LogP) is 5.14. The third-order valence-corrected chi connectivity index (χ3v) is 5.40. The van der Waals surface area contributed by atoms with Crippen LogP contribution in [-0.4, -0.2) is 5.75 Å². The van der Waals surface area contributed by atoms with Gasteiger partial charge in [0.05, 0.1) is 4.47 Å². The van der Waals surface area contributed by atoms with E-state index in [-0.39, 0.29) is 11.9 Å². The van der Waals surface area contributed by atoms with E-state index < -0.39 is 0 Å². The minimum Gasteiger partial charge on any atom is -0.323 e. The Bertz CT molecular complexity index is 577. The minimum atomic E-state index is -0.338. The van der Waals surface area contributed by atoms with Crippen LogP contribution >= 0.6 is 43.6 Å². The molecule has 0 saturated heterocycles. The van der Waals surface area contributed by atoms with Gasteiger partial charge in [0, 0.05) is 26.7 Å². The lowest BCUT2D eigenvalue weighted by molar-refractivity contribution is 0.589. The maximum absolute atomic E-state index is 13.9. The van der Waals surface area contributed by atoms with E-state index in [1.54, 1.807) is 30.0 Å². The van der Waals surface area contributed by atoms with Gasteiger partial charge >= 0.3 is 0 Å². The van der Waals surface area contributed by atoms with Gasteiger partial charge in [0.15, 0.2) is 0 Å². The summed E-state index contributed by atoms with van der Waals surface area (Å²) in [7, 11) is 0. The Morgan fingerprint density at radius 3 is 2.47 bits per heavy atom. The Labute approximate surface area is 133 Å². The smallest absolute Gasteiger partial charge is 0.142 e. The van der Waals surface area contributed by atoms with Crippen molar-refractivity contribution in [3.05, 3.63) is 62.8 Å². The van der Waals surface area contributed by atoms with Gasteiger partial charge < -0.3 is 5.73 Å². The normalized spacial score (nSPS) is 12.4. The molecule has 100 valence electrons. The van der Waals surface area contributed by atoms with Gasteiger partial charge in [0.2, 0.25) is 0 Å². The molecule has 19 heavy (non-hydrogen) atoms. The monoisotopic (exact) mass is 403 g/mol. The fourth-order valence-electron chi connectivity index (χ4n) is 1.64. The first-order valence-corrected chi connectivity index (χ1v) is 8.23.